The van der Waals surface area contributed by atoms with Crippen LogP contribution >= 0.6 is 0 Å². The summed E-state index contributed by atoms with van der Waals surface area (Å²) >= 11 is 0. The zero-order chi connectivity index (χ0) is 9.41. The minimum Gasteiger partial charge on any atom is -0.0649 e. The molecule has 72 valence electrons. The van der Waals surface area contributed by atoms with Crippen molar-refractivity contribution in [3.05, 3.63) is 0 Å². The second kappa shape index (κ2) is 3.05. The molecule has 0 aliphatic heterocycles. The molecule has 0 amide bonds. The van der Waals surface area contributed by atoms with Crippen LogP contribution in [0.2, 0.25) is 0 Å². The van der Waals surface area contributed by atoms with Gasteiger partial charge in [-0.05, 0) is 36.0 Å². The van der Waals surface area contributed by atoms with Crippen LogP contribution in [0.1, 0.15) is 60.3 Å². The highest BCUT2D eigenvalue weighted by molar-refractivity contribution is 4.89. The minimum atomic E-state index is 0.592. The van der Waals surface area contributed by atoms with E-state index in [1.807, 2.05) is 0 Å². The van der Waals surface area contributed by atoms with E-state index in [-0.39, 0.29) is 0 Å². The van der Waals surface area contributed by atoms with Gasteiger partial charge in [0.2, 0.25) is 0 Å². The van der Waals surface area contributed by atoms with Crippen LogP contribution in [0.5, 0.6) is 0 Å². The highest BCUT2D eigenvalue weighted by Crippen LogP contribution is 2.49. The fraction of sp³-hybridized carbons (Fsp3) is 1.00. The summed E-state index contributed by atoms with van der Waals surface area (Å²) in [6.45, 7) is 12.1. The number of rotatable bonds is 1. The Morgan fingerprint density at radius 1 is 1.17 bits per heavy atom. The molecule has 2 atom stereocenters. The highest BCUT2D eigenvalue weighted by Gasteiger charge is 2.38. The zero-order valence-electron chi connectivity index (χ0n) is 9.41. The Hall–Kier alpha value is 0. The van der Waals surface area contributed by atoms with Crippen LogP contribution < -0.4 is 0 Å². The maximum absolute atomic E-state index is 2.46. The molecule has 0 saturated heterocycles. The summed E-state index contributed by atoms with van der Waals surface area (Å²) in [5, 5.41) is 0. The Morgan fingerprint density at radius 2 is 1.75 bits per heavy atom. The molecule has 0 bridgehead atoms. The molecular formula is C12H24. The summed E-state index contributed by atoms with van der Waals surface area (Å²) < 4.78 is 0. The van der Waals surface area contributed by atoms with E-state index in [4.69, 9.17) is 0 Å². The lowest BCUT2D eigenvalue weighted by atomic mass is 9.60. The van der Waals surface area contributed by atoms with Gasteiger partial charge in [-0.25, -0.2) is 0 Å². The lowest BCUT2D eigenvalue weighted by molar-refractivity contribution is 0.0524. The topological polar surface area (TPSA) is 0 Å². The SMILES string of the molecule is CCC1(C)CCC(C)(C)C(C)C1. The van der Waals surface area contributed by atoms with Crippen LogP contribution in [-0.2, 0) is 0 Å². The monoisotopic (exact) mass is 168 g/mol. The van der Waals surface area contributed by atoms with Gasteiger partial charge in [-0.15, -0.1) is 0 Å². The molecule has 0 aromatic heterocycles. The Labute approximate surface area is 77.7 Å². The average Bonchev–Trinajstić information content (AvgIpc) is 1.99. The lowest BCUT2D eigenvalue weighted by Gasteiger charge is -2.46. The van der Waals surface area contributed by atoms with Crippen LogP contribution in [0.4, 0.5) is 0 Å². The molecule has 12 heavy (non-hydrogen) atoms. The van der Waals surface area contributed by atoms with Crippen LogP contribution in [-0.4, -0.2) is 0 Å². The first-order chi connectivity index (χ1) is 5.40. The van der Waals surface area contributed by atoms with Crippen molar-refractivity contribution in [2.24, 2.45) is 16.7 Å². The van der Waals surface area contributed by atoms with Gasteiger partial charge >= 0.3 is 0 Å². The fourth-order valence-corrected chi connectivity index (χ4v) is 2.31. The van der Waals surface area contributed by atoms with Crippen molar-refractivity contribution in [3.63, 3.8) is 0 Å². The summed E-state index contributed by atoms with van der Waals surface area (Å²) in [6, 6.07) is 0. The minimum absolute atomic E-state index is 0.592. The predicted octanol–water partition coefficient (Wildman–Crippen LogP) is 4.25. The van der Waals surface area contributed by atoms with Gasteiger partial charge in [0.15, 0.2) is 0 Å². The summed E-state index contributed by atoms with van der Waals surface area (Å²) in [5.41, 5.74) is 1.24. The third-order valence-corrected chi connectivity index (χ3v) is 4.36. The zero-order valence-corrected chi connectivity index (χ0v) is 9.41. The first-order valence-corrected chi connectivity index (χ1v) is 5.40. The molecule has 0 N–H and O–H groups in total. The second-order valence-electron chi connectivity index (χ2n) is 5.76. The quantitative estimate of drug-likeness (QED) is 0.549. The molecule has 0 aromatic carbocycles. The van der Waals surface area contributed by atoms with Crippen LogP contribution in [0.15, 0.2) is 0 Å². The third-order valence-electron chi connectivity index (χ3n) is 4.36. The van der Waals surface area contributed by atoms with Crippen LogP contribution in [0.25, 0.3) is 0 Å². The van der Waals surface area contributed by atoms with Crippen molar-refractivity contribution in [3.8, 4) is 0 Å². The molecule has 0 spiro atoms. The molecule has 1 aliphatic carbocycles. The second-order valence-corrected chi connectivity index (χ2v) is 5.76. The first-order valence-electron chi connectivity index (χ1n) is 5.40. The molecule has 1 saturated carbocycles. The van der Waals surface area contributed by atoms with Gasteiger partial charge in [-0.3, -0.25) is 0 Å². The molecular weight excluding hydrogens is 144 g/mol. The molecule has 0 nitrogen and oxygen atoms in total. The Kier molecular flexibility index (Phi) is 2.56. The molecule has 0 aromatic rings. The summed E-state index contributed by atoms with van der Waals surface area (Å²) in [4.78, 5) is 0. The Balaban J connectivity index is 2.63. The van der Waals surface area contributed by atoms with Crippen molar-refractivity contribution < 1.29 is 0 Å². The molecule has 0 radical (unpaired) electrons. The highest BCUT2D eigenvalue weighted by atomic mass is 14.4. The van der Waals surface area contributed by atoms with Crippen LogP contribution in [0.3, 0.4) is 0 Å². The predicted molar refractivity (Wildman–Crippen MR) is 55.2 cm³/mol. The van der Waals surface area contributed by atoms with Crippen molar-refractivity contribution in [2.45, 2.75) is 60.3 Å². The standard InChI is InChI=1S/C12H24/c1-6-12(5)8-7-11(3,4)10(2)9-12/h10H,6-9H2,1-5H3. The Bertz CT molecular complexity index is 157. The van der Waals surface area contributed by atoms with Gasteiger partial charge in [-0.1, -0.05) is 41.0 Å². The summed E-state index contributed by atoms with van der Waals surface area (Å²) in [5.74, 6) is 0.899. The van der Waals surface area contributed by atoms with Gasteiger partial charge in [0.05, 0.1) is 0 Å². The number of hydrogen-bond acceptors (Lipinski definition) is 0. The van der Waals surface area contributed by atoms with E-state index in [0.717, 1.165) is 5.92 Å². The van der Waals surface area contributed by atoms with Crippen LogP contribution in [0, 0.1) is 16.7 Å². The van der Waals surface area contributed by atoms with E-state index < -0.39 is 0 Å². The number of hydrogen-bond donors (Lipinski definition) is 0. The molecule has 2 unspecified atom stereocenters. The molecule has 1 fully saturated rings. The van der Waals surface area contributed by atoms with Gasteiger partial charge < -0.3 is 0 Å². The molecule has 0 heteroatoms. The van der Waals surface area contributed by atoms with E-state index >= 15 is 0 Å². The van der Waals surface area contributed by atoms with E-state index in [2.05, 4.69) is 34.6 Å². The third kappa shape index (κ3) is 1.84. The summed E-state index contributed by atoms with van der Waals surface area (Å²) in [7, 11) is 0. The first kappa shape index (κ1) is 10.1. The van der Waals surface area contributed by atoms with Crippen molar-refractivity contribution >= 4 is 0 Å². The fourth-order valence-electron chi connectivity index (χ4n) is 2.31. The van der Waals surface area contributed by atoms with Crippen molar-refractivity contribution in [1.82, 2.24) is 0 Å². The maximum atomic E-state index is 2.46. The van der Waals surface area contributed by atoms with E-state index in [9.17, 15) is 0 Å². The Morgan fingerprint density at radius 3 is 2.17 bits per heavy atom. The summed E-state index contributed by atoms with van der Waals surface area (Å²) in [6.07, 6.45) is 5.63. The normalized spacial score (nSPS) is 41.2. The van der Waals surface area contributed by atoms with E-state index in [1.165, 1.54) is 25.7 Å². The van der Waals surface area contributed by atoms with Gasteiger partial charge in [0, 0.05) is 0 Å². The van der Waals surface area contributed by atoms with Crippen molar-refractivity contribution in [1.29, 1.82) is 0 Å². The van der Waals surface area contributed by atoms with E-state index in [0.29, 0.717) is 10.8 Å². The molecule has 1 rings (SSSR count). The largest absolute Gasteiger partial charge is 0.0649 e. The lowest BCUT2D eigenvalue weighted by Crippen LogP contribution is -2.35. The van der Waals surface area contributed by atoms with Crippen molar-refractivity contribution in [2.75, 3.05) is 0 Å². The molecule has 0 heterocycles. The van der Waals surface area contributed by atoms with E-state index in [1.54, 1.807) is 0 Å². The maximum Gasteiger partial charge on any atom is -0.0326 e. The average molecular weight is 168 g/mol. The smallest absolute Gasteiger partial charge is 0.0326 e. The molecule has 1 aliphatic rings. The van der Waals surface area contributed by atoms with Gasteiger partial charge in [-0.2, -0.15) is 0 Å². The van der Waals surface area contributed by atoms with Gasteiger partial charge in [0.25, 0.3) is 0 Å². The van der Waals surface area contributed by atoms with Gasteiger partial charge in [0.1, 0.15) is 0 Å².